The molecule has 1 aromatic heterocycles. The maximum Gasteiger partial charge on any atom is 0.127 e. The van der Waals surface area contributed by atoms with Crippen LogP contribution in [0.4, 0.5) is 0 Å². The van der Waals surface area contributed by atoms with E-state index in [2.05, 4.69) is 29.7 Å². The molecule has 2 heterocycles. The van der Waals surface area contributed by atoms with Crippen LogP contribution in [0.25, 0.3) is 11.0 Å². The van der Waals surface area contributed by atoms with Crippen LogP contribution in [-0.2, 0) is 11.3 Å². The zero-order valence-electron chi connectivity index (χ0n) is 11.4. The standard InChI is InChI=1S/C15H19ClN2O/c1-10-5-3-7-13-14(10)17-15(11(2)16)18(13)9-12-6-4-8-19-12/h3,5,7,11-12H,4,6,8-9H2,1-2H3. The van der Waals surface area contributed by atoms with E-state index in [1.807, 2.05) is 6.92 Å². The van der Waals surface area contributed by atoms with Crippen molar-refractivity contribution in [3.63, 3.8) is 0 Å². The number of aryl methyl sites for hydroxylation is 1. The monoisotopic (exact) mass is 278 g/mol. The molecule has 2 aromatic rings. The highest BCUT2D eigenvalue weighted by molar-refractivity contribution is 6.20. The van der Waals surface area contributed by atoms with Crippen molar-refractivity contribution in [2.45, 2.75) is 44.7 Å². The number of para-hydroxylation sites is 1. The summed E-state index contributed by atoms with van der Waals surface area (Å²) >= 11 is 6.29. The van der Waals surface area contributed by atoms with E-state index in [1.165, 1.54) is 5.56 Å². The fraction of sp³-hybridized carbons (Fsp3) is 0.533. The molecule has 1 saturated heterocycles. The summed E-state index contributed by atoms with van der Waals surface area (Å²) < 4.78 is 7.98. The van der Waals surface area contributed by atoms with E-state index in [4.69, 9.17) is 21.3 Å². The second kappa shape index (κ2) is 5.14. The molecule has 0 N–H and O–H groups in total. The molecule has 2 atom stereocenters. The van der Waals surface area contributed by atoms with Crippen LogP contribution in [0.15, 0.2) is 18.2 Å². The number of benzene rings is 1. The number of imidazole rings is 1. The van der Waals surface area contributed by atoms with Crippen molar-refractivity contribution < 1.29 is 4.74 Å². The molecule has 0 saturated carbocycles. The molecule has 19 heavy (non-hydrogen) atoms. The Kier molecular flexibility index (Phi) is 3.50. The molecule has 1 aliphatic rings. The highest BCUT2D eigenvalue weighted by atomic mass is 35.5. The molecule has 0 radical (unpaired) electrons. The summed E-state index contributed by atoms with van der Waals surface area (Å²) in [7, 11) is 0. The number of fused-ring (bicyclic) bond motifs is 1. The van der Waals surface area contributed by atoms with E-state index < -0.39 is 0 Å². The molecule has 2 unspecified atom stereocenters. The number of hydrogen-bond acceptors (Lipinski definition) is 2. The summed E-state index contributed by atoms with van der Waals surface area (Å²) in [5.41, 5.74) is 3.42. The summed E-state index contributed by atoms with van der Waals surface area (Å²) in [4.78, 5) is 4.73. The number of hydrogen-bond donors (Lipinski definition) is 0. The maximum absolute atomic E-state index is 6.29. The minimum atomic E-state index is -0.0896. The summed E-state index contributed by atoms with van der Waals surface area (Å²) in [5, 5.41) is -0.0896. The van der Waals surface area contributed by atoms with Gasteiger partial charge in [0, 0.05) is 6.61 Å². The molecule has 4 heteroatoms. The molecule has 0 bridgehead atoms. The lowest BCUT2D eigenvalue weighted by molar-refractivity contribution is 0.0972. The van der Waals surface area contributed by atoms with Crippen LogP contribution in [0, 0.1) is 6.92 Å². The number of rotatable bonds is 3. The molecular formula is C15H19ClN2O. The second-order valence-corrected chi connectivity index (χ2v) is 5.93. The first-order valence-corrected chi connectivity index (χ1v) is 7.32. The Balaban J connectivity index is 2.08. The Hall–Kier alpha value is -1.06. The highest BCUT2D eigenvalue weighted by Gasteiger charge is 2.21. The highest BCUT2D eigenvalue weighted by Crippen LogP contribution is 2.28. The summed E-state index contributed by atoms with van der Waals surface area (Å²) in [5.74, 6) is 0.946. The van der Waals surface area contributed by atoms with E-state index in [0.717, 1.165) is 42.9 Å². The molecular weight excluding hydrogens is 260 g/mol. The number of aromatic nitrogens is 2. The van der Waals surface area contributed by atoms with Gasteiger partial charge < -0.3 is 9.30 Å². The van der Waals surface area contributed by atoms with Gasteiger partial charge in [-0.2, -0.15) is 0 Å². The van der Waals surface area contributed by atoms with Crippen LogP contribution in [-0.4, -0.2) is 22.3 Å². The molecule has 3 rings (SSSR count). The van der Waals surface area contributed by atoms with Crippen LogP contribution in [0.5, 0.6) is 0 Å². The Morgan fingerprint density at radius 1 is 1.53 bits per heavy atom. The number of alkyl halides is 1. The van der Waals surface area contributed by atoms with Crippen molar-refractivity contribution >= 4 is 22.6 Å². The van der Waals surface area contributed by atoms with Gasteiger partial charge in [0.05, 0.1) is 29.1 Å². The minimum Gasteiger partial charge on any atom is -0.376 e. The zero-order chi connectivity index (χ0) is 13.4. The smallest absolute Gasteiger partial charge is 0.127 e. The second-order valence-electron chi connectivity index (χ2n) is 5.27. The third-order valence-electron chi connectivity index (χ3n) is 3.78. The summed E-state index contributed by atoms with van der Waals surface area (Å²) in [6, 6.07) is 6.29. The maximum atomic E-state index is 6.29. The lowest BCUT2D eigenvalue weighted by Gasteiger charge is -2.15. The molecule has 102 valence electrons. The molecule has 3 nitrogen and oxygen atoms in total. The van der Waals surface area contributed by atoms with Crippen LogP contribution < -0.4 is 0 Å². The van der Waals surface area contributed by atoms with Crippen LogP contribution in [0.3, 0.4) is 0 Å². The van der Waals surface area contributed by atoms with Crippen molar-refractivity contribution in [1.29, 1.82) is 0 Å². The van der Waals surface area contributed by atoms with Gasteiger partial charge in [0.25, 0.3) is 0 Å². The van der Waals surface area contributed by atoms with Gasteiger partial charge in [-0.3, -0.25) is 0 Å². The topological polar surface area (TPSA) is 27.1 Å². The summed E-state index contributed by atoms with van der Waals surface area (Å²) in [6.45, 7) is 5.80. The quantitative estimate of drug-likeness (QED) is 0.798. The average Bonchev–Trinajstić information content (AvgIpc) is 2.99. The Labute approximate surface area is 118 Å². The van der Waals surface area contributed by atoms with Gasteiger partial charge in [0.1, 0.15) is 5.82 Å². The van der Waals surface area contributed by atoms with Gasteiger partial charge in [-0.25, -0.2) is 4.98 Å². The predicted octanol–water partition coefficient (Wildman–Crippen LogP) is 3.82. The van der Waals surface area contributed by atoms with E-state index in [1.54, 1.807) is 0 Å². The Morgan fingerprint density at radius 2 is 2.37 bits per heavy atom. The van der Waals surface area contributed by atoms with Crippen molar-refractivity contribution in [3.05, 3.63) is 29.6 Å². The first kappa shape index (κ1) is 12.9. The first-order chi connectivity index (χ1) is 9.16. The molecule has 0 amide bonds. The third kappa shape index (κ3) is 2.37. The predicted molar refractivity (Wildman–Crippen MR) is 77.7 cm³/mol. The number of ether oxygens (including phenoxy) is 1. The van der Waals surface area contributed by atoms with Crippen molar-refractivity contribution in [1.82, 2.24) is 9.55 Å². The lowest BCUT2D eigenvalue weighted by atomic mass is 10.2. The Morgan fingerprint density at radius 3 is 3.05 bits per heavy atom. The lowest BCUT2D eigenvalue weighted by Crippen LogP contribution is -2.17. The van der Waals surface area contributed by atoms with Gasteiger partial charge in [-0.15, -0.1) is 11.6 Å². The van der Waals surface area contributed by atoms with Gasteiger partial charge in [-0.1, -0.05) is 12.1 Å². The van der Waals surface area contributed by atoms with Crippen LogP contribution >= 0.6 is 11.6 Å². The minimum absolute atomic E-state index is 0.0896. The molecule has 1 fully saturated rings. The molecule has 0 aliphatic carbocycles. The Bertz CT molecular complexity index is 585. The van der Waals surface area contributed by atoms with Gasteiger partial charge >= 0.3 is 0 Å². The largest absolute Gasteiger partial charge is 0.376 e. The van der Waals surface area contributed by atoms with E-state index in [0.29, 0.717) is 6.10 Å². The molecule has 1 aliphatic heterocycles. The fourth-order valence-electron chi connectivity index (χ4n) is 2.79. The first-order valence-electron chi connectivity index (χ1n) is 6.88. The SMILES string of the molecule is Cc1cccc2c1nc(C(C)Cl)n2CC1CCCO1. The third-order valence-corrected chi connectivity index (χ3v) is 3.97. The van der Waals surface area contributed by atoms with Gasteiger partial charge in [-0.05, 0) is 38.3 Å². The number of nitrogens with zero attached hydrogens (tertiary/aromatic N) is 2. The van der Waals surface area contributed by atoms with Crippen molar-refractivity contribution in [2.75, 3.05) is 6.61 Å². The van der Waals surface area contributed by atoms with Crippen LogP contribution in [0.1, 0.15) is 36.5 Å². The van der Waals surface area contributed by atoms with Gasteiger partial charge in [0.2, 0.25) is 0 Å². The van der Waals surface area contributed by atoms with Gasteiger partial charge in [0.15, 0.2) is 0 Å². The summed E-state index contributed by atoms with van der Waals surface area (Å²) in [6.07, 6.45) is 2.58. The van der Waals surface area contributed by atoms with Crippen molar-refractivity contribution in [2.24, 2.45) is 0 Å². The van der Waals surface area contributed by atoms with Crippen molar-refractivity contribution in [3.8, 4) is 0 Å². The molecule has 1 aromatic carbocycles. The zero-order valence-corrected chi connectivity index (χ0v) is 12.2. The number of halogens is 1. The molecule has 0 spiro atoms. The average molecular weight is 279 g/mol. The van der Waals surface area contributed by atoms with E-state index in [9.17, 15) is 0 Å². The normalized spacial score (nSPS) is 21.1. The van der Waals surface area contributed by atoms with E-state index >= 15 is 0 Å². The van der Waals surface area contributed by atoms with Crippen LogP contribution in [0.2, 0.25) is 0 Å². The fourth-order valence-corrected chi connectivity index (χ4v) is 2.96. The van der Waals surface area contributed by atoms with E-state index in [-0.39, 0.29) is 5.38 Å².